The number of benzene rings is 3. The Balaban J connectivity index is 0.000000183. The van der Waals surface area contributed by atoms with E-state index in [4.69, 9.17) is 0 Å². The van der Waals surface area contributed by atoms with Crippen LogP contribution in [0.4, 0.5) is 0 Å². The highest BCUT2D eigenvalue weighted by Crippen LogP contribution is 2.20. The van der Waals surface area contributed by atoms with Gasteiger partial charge in [0.15, 0.2) is 0 Å². The molecule has 0 saturated carbocycles. The van der Waals surface area contributed by atoms with Gasteiger partial charge in [-0.3, -0.25) is 4.79 Å². The fourth-order valence-electron chi connectivity index (χ4n) is 3.42. The number of hydrogen-bond acceptors (Lipinski definition) is 2. The molecule has 3 N–H and O–H groups in total. The zero-order valence-electron chi connectivity index (χ0n) is 15.5. The van der Waals surface area contributed by atoms with E-state index in [1.54, 1.807) is 6.33 Å². The number of hydrogen-bond donors (Lipinski definition) is 3. The van der Waals surface area contributed by atoms with E-state index >= 15 is 0 Å². The molecule has 3 aromatic heterocycles. The first kappa shape index (κ1) is 19.2. The summed E-state index contributed by atoms with van der Waals surface area (Å²) in [4.78, 5) is 25.9. The smallest absolute Gasteiger partial charge is 0.225 e. The van der Waals surface area contributed by atoms with Gasteiger partial charge < -0.3 is 15.0 Å². The topological polar surface area (TPSA) is 77.3 Å². The molecule has 0 atom stereocenters. The standard InChI is InChI=1S/C17H12N2O.C7H6N2.CH4/c20-17(15-9-11-5-1-3-7-13(11)18-15)16-10-12-6-2-4-8-14(12)19-16;1-2-4-7-6(3-1)8-5-9-7;/h1-10,18-19H;1-5H,(H,8,9);1H4. The molecule has 5 heteroatoms. The summed E-state index contributed by atoms with van der Waals surface area (Å²) < 4.78 is 0. The molecule has 0 radical (unpaired) electrons. The maximum atomic E-state index is 12.5. The summed E-state index contributed by atoms with van der Waals surface area (Å²) in [7, 11) is 0. The van der Waals surface area contributed by atoms with Crippen LogP contribution in [0, 0.1) is 0 Å². The quantitative estimate of drug-likeness (QED) is 0.311. The van der Waals surface area contributed by atoms with Gasteiger partial charge >= 0.3 is 0 Å². The Bertz CT molecular complexity index is 1270. The zero-order chi connectivity index (χ0) is 19.6. The van der Waals surface area contributed by atoms with Crippen molar-refractivity contribution in [2.75, 3.05) is 0 Å². The summed E-state index contributed by atoms with van der Waals surface area (Å²) in [5.74, 6) is -0.0163. The maximum Gasteiger partial charge on any atom is 0.225 e. The van der Waals surface area contributed by atoms with Crippen molar-refractivity contribution in [1.82, 2.24) is 19.9 Å². The second-order valence-electron chi connectivity index (χ2n) is 6.79. The molecular formula is C25H22N4O. The van der Waals surface area contributed by atoms with Crippen molar-refractivity contribution in [1.29, 1.82) is 0 Å². The average molecular weight is 394 g/mol. The van der Waals surface area contributed by atoms with Gasteiger partial charge in [-0.05, 0) is 36.4 Å². The van der Waals surface area contributed by atoms with Gasteiger partial charge in [0, 0.05) is 21.8 Å². The Kier molecular flexibility index (Phi) is 5.18. The highest BCUT2D eigenvalue weighted by Gasteiger charge is 2.14. The van der Waals surface area contributed by atoms with Crippen LogP contribution >= 0.6 is 0 Å². The minimum atomic E-state index is -0.0163. The minimum Gasteiger partial charge on any atom is -0.352 e. The summed E-state index contributed by atoms with van der Waals surface area (Å²) in [5, 5.41) is 2.10. The predicted molar refractivity (Wildman–Crippen MR) is 123 cm³/mol. The predicted octanol–water partition coefficient (Wildman–Crippen LogP) is 6.08. The van der Waals surface area contributed by atoms with Crippen LogP contribution in [-0.4, -0.2) is 25.7 Å². The molecule has 3 heterocycles. The van der Waals surface area contributed by atoms with E-state index in [1.165, 1.54) is 0 Å². The third-order valence-corrected chi connectivity index (χ3v) is 4.88. The lowest BCUT2D eigenvalue weighted by atomic mass is 10.2. The second kappa shape index (κ2) is 8.09. The number of imidazole rings is 1. The third kappa shape index (κ3) is 3.61. The molecule has 3 aromatic carbocycles. The van der Waals surface area contributed by atoms with Crippen molar-refractivity contribution >= 4 is 38.6 Å². The summed E-state index contributed by atoms with van der Waals surface area (Å²) in [6, 6.07) is 27.5. The first-order valence-corrected chi connectivity index (χ1v) is 9.36. The molecule has 0 amide bonds. The van der Waals surface area contributed by atoms with Crippen LogP contribution in [0.1, 0.15) is 23.6 Å². The van der Waals surface area contributed by atoms with Crippen LogP contribution in [-0.2, 0) is 0 Å². The molecule has 6 rings (SSSR count). The molecule has 6 aromatic rings. The van der Waals surface area contributed by atoms with E-state index in [0.29, 0.717) is 11.4 Å². The van der Waals surface area contributed by atoms with Gasteiger partial charge in [-0.2, -0.15) is 0 Å². The number of rotatable bonds is 2. The molecule has 0 saturated heterocycles. The number of fused-ring (bicyclic) bond motifs is 3. The SMILES string of the molecule is C.O=C(c1cc2ccccc2[nH]1)c1cc2ccccc2[nH]1.c1ccc2[nH]cnc2c1. The Morgan fingerprint density at radius 2 is 1.17 bits per heavy atom. The van der Waals surface area contributed by atoms with Crippen molar-refractivity contribution in [3.8, 4) is 0 Å². The van der Waals surface area contributed by atoms with E-state index in [2.05, 4.69) is 19.9 Å². The van der Waals surface area contributed by atoms with Gasteiger partial charge in [0.1, 0.15) is 0 Å². The van der Waals surface area contributed by atoms with Gasteiger partial charge in [-0.1, -0.05) is 56.0 Å². The number of carbonyl (C=O) groups excluding carboxylic acids is 1. The highest BCUT2D eigenvalue weighted by atomic mass is 16.1. The molecule has 0 bridgehead atoms. The molecule has 0 spiro atoms. The van der Waals surface area contributed by atoms with Gasteiger partial charge in [0.25, 0.3) is 0 Å². The summed E-state index contributed by atoms with van der Waals surface area (Å²) >= 11 is 0. The van der Waals surface area contributed by atoms with Crippen LogP contribution in [0.25, 0.3) is 32.8 Å². The van der Waals surface area contributed by atoms with E-state index in [9.17, 15) is 4.79 Å². The third-order valence-electron chi connectivity index (χ3n) is 4.88. The highest BCUT2D eigenvalue weighted by molar-refractivity contribution is 6.11. The Labute approximate surface area is 173 Å². The molecule has 0 unspecified atom stereocenters. The van der Waals surface area contributed by atoms with E-state index in [0.717, 1.165) is 32.8 Å². The lowest BCUT2D eigenvalue weighted by molar-refractivity contribution is 0.103. The first-order valence-electron chi connectivity index (χ1n) is 9.36. The van der Waals surface area contributed by atoms with Gasteiger partial charge in [0.2, 0.25) is 5.78 Å². The average Bonchev–Trinajstić information content (AvgIpc) is 3.50. The normalized spacial score (nSPS) is 10.5. The number of aromatic nitrogens is 4. The van der Waals surface area contributed by atoms with Crippen molar-refractivity contribution in [3.05, 3.63) is 103 Å². The number of nitrogens with zero attached hydrogens (tertiary/aromatic N) is 1. The lowest BCUT2D eigenvalue weighted by Crippen LogP contribution is -2.01. The first-order chi connectivity index (χ1) is 14.3. The fourth-order valence-corrected chi connectivity index (χ4v) is 3.42. The number of H-pyrrole nitrogens is 3. The lowest BCUT2D eigenvalue weighted by Gasteiger charge is -1.93. The van der Waals surface area contributed by atoms with Crippen LogP contribution in [0.2, 0.25) is 0 Å². The van der Waals surface area contributed by atoms with Crippen molar-refractivity contribution in [2.24, 2.45) is 0 Å². The minimum absolute atomic E-state index is 0. The maximum absolute atomic E-state index is 12.5. The van der Waals surface area contributed by atoms with Gasteiger partial charge in [0.05, 0.1) is 28.7 Å². The molecule has 0 aliphatic rings. The van der Waals surface area contributed by atoms with E-state index < -0.39 is 0 Å². The number of aromatic amines is 3. The van der Waals surface area contributed by atoms with Crippen molar-refractivity contribution < 1.29 is 4.79 Å². The summed E-state index contributed by atoms with van der Waals surface area (Å²) in [6.07, 6.45) is 1.70. The molecule has 0 aliphatic heterocycles. The Hall–Kier alpha value is -4.12. The number of ketones is 1. The zero-order valence-corrected chi connectivity index (χ0v) is 15.5. The van der Waals surface area contributed by atoms with Crippen molar-refractivity contribution in [2.45, 2.75) is 7.43 Å². The summed E-state index contributed by atoms with van der Waals surface area (Å²) in [5.41, 5.74) is 5.30. The number of para-hydroxylation sites is 4. The molecule has 5 nitrogen and oxygen atoms in total. The van der Waals surface area contributed by atoms with Crippen molar-refractivity contribution in [3.63, 3.8) is 0 Å². The fraction of sp³-hybridized carbons (Fsp3) is 0.0400. The monoisotopic (exact) mass is 394 g/mol. The Morgan fingerprint density at radius 1 is 0.667 bits per heavy atom. The Morgan fingerprint density at radius 3 is 1.70 bits per heavy atom. The number of carbonyl (C=O) groups is 1. The van der Waals surface area contributed by atoms with Crippen LogP contribution < -0.4 is 0 Å². The largest absolute Gasteiger partial charge is 0.352 e. The van der Waals surface area contributed by atoms with Gasteiger partial charge in [-0.25, -0.2) is 4.98 Å². The molecule has 0 aliphatic carbocycles. The summed E-state index contributed by atoms with van der Waals surface area (Å²) in [6.45, 7) is 0. The molecule has 148 valence electrons. The van der Waals surface area contributed by atoms with Crippen LogP contribution in [0.15, 0.2) is 91.3 Å². The molecule has 0 fully saturated rings. The number of nitrogens with one attached hydrogen (secondary N) is 3. The van der Waals surface area contributed by atoms with E-state index in [1.807, 2.05) is 84.9 Å². The second-order valence-corrected chi connectivity index (χ2v) is 6.79. The van der Waals surface area contributed by atoms with E-state index in [-0.39, 0.29) is 13.2 Å². The molecular weight excluding hydrogens is 372 g/mol. The van der Waals surface area contributed by atoms with Crippen LogP contribution in [0.5, 0.6) is 0 Å². The van der Waals surface area contributed by atoms with Gasteiger partial charge in [-0.15, -0.1) is 0 Å². The van der Waals surface area contributed by atoms with Crippen LogP contribution in [0.3, 0.4) is 0 Å². The molecule has 30 heavy (non-hydrogen) atoms.